The van der Waals surface area contributed by atoms with Crippen molar-refractivity contribution in [1.29, 1.82) is 0 Å². The molecule has 1 unspecified atom stereocenters. The monoisotopic (exact) mass is 485 g/mol. The van der Waals surface area contributed by atoms with E-state index in [1.165, 1.54) is 31.5 Å². The molecule has 1 saturated carbocycles. The second kappa shape index (κ2) is 11.7. The van der Waals surface area contributed by atoms with E-state index in [1.54, 1.807) is 19.2 Å². The van der Waals surface area contributed by atoms with Gasteiger partial charge < -0.3 is 19.3 Å². The Hall–Kier alpha value is -3.39. The van der Waals surface area contributed by atoms with Crippen LogP contribution >= 0.6 is 11.6 Å². The summed E-state index contributed by atoms with van der Waals surface area (Å²) in [6.07, 6.45) is 2.07. The molecule has 2 aromatic rings. The number of carbonyl (C=O) groups is 2. The molecule has 0 bridgehead atoms. The van der Waals surface area contributed by atoms with Gasteiger partial charge in [-0.2, -0.15) is 0 Å². The molecule has 9 heteroatoms. The molecule has 0 saturated heterocycles. The maximum atomic E-state index is 13.2. The summed E-state index contributed by atoms with van der Waals surface area (Å²) >= 11 is 6.05. The summed E-state index contributed by atoms with van der Waals surface area (Å²) in [4.78, 5) is 36.5. The highest BCUT2D eigenvalue weighted by molar-refractivity contribution is 6.45. The van der Waals surface area contributed by atoms with Crippen molar-refractivity contribution in [1.82, 2.24) is 4.90 Å². The zero-order valence-corrected chi connectivity index (χ0v) is 20.4. The number of ether oxygens (including phenoxy) is 1. The fourth-order valence-electron chi connectivity index (χ4n) is 3.82. The Labute approximate surface area is 204 Å². The molecular weight excluding hydrogens is 458 g/mol. The second-order valence-electron chi connectivity index (χ2n) is 7.93. The van der Waals surface area contributed by atoms with Crippen LogP contribution in [0.3, 0.4) is 0 Å². The van der Waals surface area contributed by atoms with Crippen LogP contribution < -0.4 is 0 Å². The number of hydrogen-bond donors (Lipinski definition) is 0. The number of benzene rings is 2. The maximum absolute atomic E-state index is 13.2. The lowest BCUT2D eigenvalue weighted by molar-refractivity contribution is -0.147. The molecule has 3 rings (SSSR count). The number of hydrogen-bond acceptors (Lipinski definition) is 7. The molecule has 0 aliphatic heterocycles. The molecule has 3 atom stereocenters. The first-order valence-corrected chi connectivity index (χ1v) is 11.2. The Kier molecular flexibility index (Phi) is 8.65. The van der Waals surface area contributed by atoms with Crippen LogP contribution in [0.2, 0.25) is 5.02 Å². The molecule has 180 valence electrons. The summed E-state index contributed by atoms with van der Waals surface area (Å²) in [5, 5.41) is 8.75. The van der Waals surface area contributed by atoms with Gasteiger partial charge in [-0.3, -0.25) is 9.59 Å². The quantitative estimate of drug-likeness (QED) is 0.213. The molecule has 0 heterocycles. The van der Waals surface area contributed by atoms with E-state index >= 15 is 0 Å². The van der Waals surface area contributed by atoms with Gasteiger partial charge in [-0.25, -0.2) is 0 Å². The molecule has 0 aromatic heterocycles. The Morgan fingerprint density at radius 3 is 2.56 bits per heavy atom. The molecule has 1 amide bonds. The van der Waals surface area contributed by atoms with Crippen molar-refractivity contribution in [2.45, 2.75) is 32.3 Å². The summed E-state index contributed by atoms with van der Waals surface area (Å²) in [5.41, 5.74) is 2.57. The average molecular weight is 486 g/mol. The number of carbonyl (C=O) groups excluding carboxylic acids is 2. The number of rotatable bonds is 10. The van der Waals surface area contributed by atoms with E-state index in [2.05, 4.69) is 10.3 Å². The van der Waals surface area contributed by atoms with E-state index in [0.29, 0.717) is 10.6 Å². The standard InChI is InChI=1S/C25H28ClN3O5/c1-5-27-34-24(22-14-21(22)17-10-12-18(26)13-11-17)20-9-7-6-8-19(20)23(28-32-4)25(31)29(3)15-33-16(2)30/h5-13,21-22,24H,14-15H2,1-4H3/t21-,22+,24?/m0/s1. The number of likely N-dealkylation sites (N-methyl/N-ethyl adjacent to an activating group) is 1. The van der Waals surface area contributed by atoms with E-state index in [0.717, 1.165) is 12.0 Å². The van der Waals surface area contributed by atoms with Crippen LogP contribution in [0.1, 0.15) is 49.0 Å². The molecule has 1 aliphatic rings. The van der Waals surface area contributed by atoms with Crippen molar-refractivity contribution in [2.24, 2.45) is 16.2 Å². The average Bonchev–Trinajstić information content (AvgIpc) is 3.62. The van der Waals surface area contributed by atoms with E-state index < -0.39 is 18.0 Å². The second-order valence-corrected chi connectivity index (χ2v) is 8.36. The summed E-state index contributed by atoms with van der Waals surface area (Å²) < 4.78 is 4.96. The van der Waals surface area contributed by atoms with Crippen molar-refractivity contribution in [3.05, 3.63) is 70.2 Å². The highest BCUT2D eigenvalue weighted by atomic mass is 35.5. The Morgan fingerprint density at radius 1 is 1.21 bits per heavy atom. The molecule has 2 aromatic carbocycles. The lowest BCUT2D eigenvalue weighted by atomic mass is 9.94. The highest BCUT2D eigenvalue weighted by Crippen LogP contribution is 2.56. The summed E-state index contributed by atoms with van der Waals surface area (Å²) in [5.74, 6) is -0.535. The highest BCUT2D eigenvalue weighted by Gasteiger charge is 2.47. The van der Waals surface area contributed by atoms with E-state index in [4.69, 9.17) is 26.0 Å². The lowest BCUT2D eigenvalue weighted by Gasteiger charge is -2.22. The van der Waals surface area contributed by atoms with Crippen LogP contribution in [-0.4, -0.2) is 49.6 Å². The summed E-state index contributed by atoms with van der Waals surface area (Å²) in [6.45, 7) is 2.85. The topological polar surface area (TPSA) is 89.8 Å². The van der Waals surface area contributed by atoms with Crippen molar-refractivity contribution in [3.8, 4) is 0 Å². The van der Waals surface area contributed by atoms with Gasteiger partial charge in [-0.1, -0.05) is 58.3 Å². The zero-order valence-electron chi connectivity index (χ0n) is 19.6. The van der Waals surface area contributed by atoms with E-state index in [9.17, 15) is 9.59 Å². The predicted molar refractivity (Wildman–Crippen MR) is 130 cm³/mol. The van der Waals surface area contributed by atoms with Crippen LogP contribution in [0.25, 0.3) is 0 Å². The Bertz CT molecular complexity index is 1070. The Morgan fingerprint density at radius 2 is 1.91 bits per heavy atom. The SMILES string of the molecule is CC=NOC(c1ccccc1C(=NOC)C(=O)N(C)COC(C)=O)[C@@H]1C[C@H]1c1ccc(Cl)cc1. The molecule has 0 N–H and O–H groups in total. The fourth-order valence-corrected chi connectivity index (χ4v) is 3.94. The van der Waals surface area contributed by atoms with Gasteiger partial charge in [0.25, 0.3) is 5.91 Å². The van der Waals surface area contributed by atoms with Crippen LogP contribution in [0, 0.1) is 5.92 Å². The molecule has 0 radical (unpaired) electrons. The molecular formula is C25H28ClN3O5. The third-order valence-corrected chi connectivity index (χ3v) is 5.77. The molecule has 0 spiro atoms. The van der Waals surface area contributed by atoms with Gasteiger partial charge in [0.05, 0.1) is 0 Å². The molecule has 8 nitrogen and oxygen atoms in total. The number of oxime groups is 2. The van der Waals surface area contributed by atoms with Gasteiger partial charge >= 0.3 is 5.97 Å². The molecule has 1 aliphatic carbocycles. The smallest absolute Gasteiger partial charge is 0.304 e. The number of esters is 1. The third-order valence-electron chi connectivity index (χ3n) is 5.52. The first-order valence-electron chi connectivity index (χ1n) is 10.9. The van der Waals surface area contributed by atoms with Gasteiger partial charge in [-0.15, -0.1) is 0 Å². The van der Waals surface area contributed by atoms with Crippen LogP contribution in [-0.2, 0) is 24.0 Å². The minimum absolute atomic E-state index is 0.0746. The minimum Gasteiger partial charge on any atom is -0.444 e. The van der Waals surface area contributed by atoms with Crippen molar-refractivity contribution in [2.75, 3.05) is 20.9 Å². The third kappa shape index (κ3) is 6.14. The van der Waals surface area contributed by atoms with E-state index in [-0.39, 0.29) is 24.3 Å². The number of nitrogens with zero attached hydrogens (tertiary/aromatic N) is 3. The first-order chi connectivity index (χ1) is 16.4. The number of amides is 1. The van der Waals surface area contributed by atoms with Crippen LogP contribution in [0.5, 0.6) is 0 Å². The molecule has 1 fully saturated rings. The Balaban J connectivity index is 1.94. The van der Waals surface area contributed by atoms with Gasteiger partial charge in [0.1, 0.15) is 7.11 Å². The van der Waals surface area contributed by atoms with Gasteiger partial charge in [-0.05, 0) is 37.0 Å². The first kappa shape index (κ1) is 25.2. The summed E-state index contributed by atoms with van der Waals surface area (Å²) in [7, 11) is 2.89. The molecule has 34 heavy (non-hydrogen) atoms. The van der Waals surface area contributed by atoms with Gasteiger partial charge in [0, 0.05) is 42.3 Å². The van der Waals surface area contributed by atoms with Gasteiger partial charge in [0.15, 0.2) is 18.5 Å². The van der Waals surface area contributed by atoms with Gasteiger partial charge in [0.2, 0.25) is 0 Å². The fraction of sp³-hybridized carbons (Fsp3) is 0.360. The van der Waals surface area contributed by atoms with Crippen LogP contribution in [0.15, 0.2) is 58.8 Å². The lowest BCUT2D eigenvalue weighted by Crippen LogP contribution is -2.36. The predicted octanol–water partition coefficient (Wildman–Crippen LogP) is 4.54. The normalized spacial score (nSPS) is 18.3. The largest absolute Gasteiger partial charge is 0.444 e. The van der Waals surface area contributed by atoms with Crippen molar-refractivity contribution >= 4 is 35.4 Å². The number of halogens is 1. The van der Waals surface area contributed by atoms with E-state index in [1.807, 2.05) is 42.5 Å². The van der Waals surface area contributed by atoms with Crippen molar-refractivity contribution in [3.63, 3.8) is 0 Å². The van der Waals surface area contributed by atoms with Crippen LogP contribution in [0.4, 0.5) is 0 Å². The summed E-state index contributed by atoms with van der Waals surface area (Å²) in [6, 6.07) is 15.2. The maximum Gasteiger partial charge on any atom is 0.304 e. The minimum atomic E-state index is -0.488. The van der Waals surface area contributed by atoms with Crippen molar-refractivity contribution < 1.29 is 24.0 Å². The zero-order chi connectivity index (χ0) is 24.7.